The molecule has 3 nitrogen and oxygen atoms in total. The predicted octanol–water partition coefficient (Wildman–Crippen LogP) is 3.50. The Morgan fingerprint density at radius 1 is 1.39 bits per heavy atom. The van der Waals surface area contributed by atoms with Gasteiger partial charge in [0.15, 0.2) is 0 Å². The third-order valence-corrected chi connectivity index (χ3v) is 4.09. The van der Waals surface area contributed by atoms with E-state index in [1.807, 2.05) is 0 Å². The molecule has 18 heavy (non-hydrogen) atoms. The number of H-pyrrole nitrogens is 1. The highest BCUT2D eigenvalue weighted by molar-refractivity contribution is 9.10. The molecule has 1 aliphatic carbocycles. The first kappa shape index (κ1) is 12.1. The molecule has 1 aromatic carbocycles. The lowest BCUT2D eigenvalue weighted by Crippen LogP contribution is -2.25. The maximum atomic E-state index is 13.4. The van der Waals surface area contributed by atoms with Crippen LogP contribution in [0.1, 0.15) is 31.5 Å². The summed E-state index contributed by atoms with van der Waals surface area (Å²) in [4.78, 5) is 7.61. The third-order valence-electron chi connectivity index (χ3n) is 3.49. The fraction of sp³-hybridized carbons (Fsp3) is 0.462. The normalized spacial score (nSPS) is 16.8. The van der Waals surface area contributed by atoms with E-state index in [-0.39, 0.29) is 5.82 Å². The van der Waals surface area contributed by atoms with E-state index in [1.54, 1.807) is 6.07 Å². The van der Waals surface area contributed by atoms with Crippen LogP contribution >= 0.6 is 15.9 Å². The number of aromatic nitrogens is 2. The molecule has 0 bridgehead atoms. The van der Waals surface area contributed by atoms with Crippen molar-refractivity contribution in [3.63, 3.8) is 0 Å². The molecule has 0 radical (unpaired) electrons. The number of aromatic amines is 1. The first-order chi connectivity index (χ1) is 8.72. The van der Waals surface area contributed by atoms with Crippen molar-refractivity contribution >= 4 is 27.0 Å². The number of benzene rings is 1. The van der Waals surface area contributed by atoms with E-state index < -0.39 is 0 Å². The molecule has 5 heteroatoms. The minimum absolute atomic E-state index is 0.263. The van der Waals surface area contributed by atoms with Gasteiger partial charge in [-0.3, -0.25) is 0 Å². The second kappa shape index (κ2) is 4.97. The van der Waals surface area contributed by atoms with Crippen molar-refractivity contribution in [1.29, 1.82) is 0 Å². The third kappa shape index (κ3) is 2.42. The molecule has 0 atom stereocenters. The maximum absolute atomic E-state index is 13.4. The van der Waals surface area contributed by atoms with Crippen LogP contribution in [0.4, 0.5) is 4.39 Å². The molecular weight excluding hydrogens is 297 g/mol. The Morgan fingerprint density at radius 3 is 2.94 bits per heavy atom. The summed E-state index contributed by atoms with van der Waals surface area (Å²) in [7, 11) is 0. The molecule has 0 aliphatic heterocycles. The minimum atomic E-state index is -0.263. The number of halogens is 2. The largest absolute Gasteiger partial charge is 0.341 e. The molecule has 0 spiro atoms. The molecular formula is C13H15BrFN3. The van der Waals surface area contributed by atoms with Crippen molar-refractivity contribution in [2.75, 3.05) is 0 Å². The molecule has 3 rings (SSSR count). The fourth-order valence-electron chi connectivity index (χ4n) is 2.51. The lowest BCUT2D eigenvalue weighted by molar-refractivity contribution is 0.516. The summed E-state index contributed by atoms with van der Waals surface area (Å²) in [6.07, 6.45) is 5.13. The highest BCUT2D eigenvalue weighted by Gasteiger charge is 2.15. The van der Waals surface area contributed by atoms with E-state index >= 15 is 0 Å². The van der Waals surface area contributed by atoms with E-state index in [0.717, 1.165) is 23.4 Å². The average molecular weight is 312 g/mol. The number of rotatable bonds is 3. The number of hydrogen-bond acceptors (Lipinski definition) is 2. The molecule has 1 aromatic heterocycles. The molecule has 2 N–H and O–H groups in total. The second-order valence-electron chi connectivity index (χ2n) is 4.83. The van der Waals surface area contributed by atoms with E-state index in [1.165, 1.54) is 31.7 Å². The molecule has 2 aromatic rings. The summed E-state index contributed by atoms with van der Waals surface area (Å²) >= 11 is 3.17. The van der Waals surface area contributed by atoms with Gasteiger partial charge in [-0.1, -0.05) is 12.8 Å². The van der Waals surface area contributed by atoms with Gasteiger partial charge in [0, 0.05) is 12.1 Å². The summed E-state index contributed by atoms with van der Waals surface area (Å²) in [5.41, 5.74) is 1.55. The highest BCUT2D eigenvalue weighted by Crippen LogP contribution is 2.22. The fourth-order valence-corrected chi connectivity index (χ4v) is 2.84. The number of fused-ring (bicyclic) bond motifs is 1. The van der Waals surface area contributed by atoms with Crippen LogP contribution in [0, 0.1) is 5.82 Å². The Morgan fingerprint density at radius 2 is 2.17 bits per heavy atom. The van der Waals surface area contributed by atoms with Crippen molar-refractivity contribution in [1.82, 2.24) is 15.3 Å². The lowest BCUT2D eigenvalue weighted by atomic mass is 10.2. The SMILES string of the molecule is Fc1cc2[nH]c(CNC3CCCC3)nc2cc1Br. The maximum Gasteiger partial charge on any atom is 0.139 e. The molecule has 1 aliphatic rings. The van der Waals surface area contributed by atoms with Gasteiger partial charge in [0.1, 0.15) is 11.6 Å². The highest BCUT2D eigenvalue weighted by atomic mass is 79.9. The topological polar surface area (TPSA) is 40.7 Å². The van der Waals surface area contributed by atoms with Crippen molar-refractivity contribution < 1.29 is 4.39 Å². The van der Waals surface area contributed by atoms with Crippen LogP contribution in [0.25, 0.3) is 11.0 Å². The summed E-state index contributed by atoms with van der Waals surface area (Å²) in [5.74, 6) is 0.607. The molecule has 0 saturated heterocycles. The van der Waals surface area contributed by atoms with Crippen LogP contribution in [-0.2, 0) is 6.54 Å². The van der Waals surface area contributed by atoms with E-state index in [9.17, 15) is 4.39 Å². The Hall–Kier alpha value is -0.940. The first-order valence-electron chi connectivity index (χ1n) is 6.29. The Balaban J connectivity index is 1.76. The molecule has 0 unspecified atom stereocenters. The van der Waals surface area contributed by atoms with Crippen LogP contribution in [0.5, 0.6) is 0 Å². The van der Waals surface area contributed by atoms with E-state index in [2.05, 4.69) is 31.2 Å². The number of nitrogens with zero attached hydrogens (tertiary/aromatic N) is 1. The summed E-state index contributed by atoms with van der Waals surface area (Å²) < 4.78 is 13.8. The van der Waals surface area contributed by atoms with Crippen molar-refractivity contribution in [2.45, 2.75) is 38.3 Å². The number of hydrogen-bond donors (Lipinski definition) is 2. The summed E-state index contributed by atoms with van der Waals surface area (Å²) in [5, 5.41) is 3.49. The Bertz CT molecular complexity index is 522. The molecule has 1 heterocycles. The van der Waals surface area contributed by atoms with Crippen LogP contribution in [-0.4, -0.2) is 16.0 Å². The molecule has 96 valence electrons. The lowest BCUT2D eigenvalue weighted by Gasteiger charge is -2.09. The van der Waals surface area contributed by atoms with Crippen LogP contribution in [0.2, 0.25) is 0 Å². The van der Waals surface area contributed by atoms with Gasteiger partial charge >= 0.3 is 0 Å². The van der Waals surface area contributed by atoms with Gasteiger partial charge in [-0.25, -0.2) is 9.37 Å². The van der Waals surface area contributed by atoms with Crippen molar-refractivity contribution in [3.05, 3.63) is 28.2 Å². The van der Waals surface area contributed by atoms with E-state index in [0.29, 0.717) is 10.5 Å². The number of imidazole rings is 1. The first-order valence-corrected chi connectivity index (χ1v) is 7.09. The second-order valence-corrected chi connectivity index (χ2v) is 5.68. The zero-order valence-corrected chi connectivity index (χ0v) is 11.6. The average Bonchev–Trinajstić information content (AvgIpc) is 2.96. The van der Waals surface area contributed by atoms with Gasteiger partial charge in [0.05, 0.1) is 22.1 Å². The monoisotopic (exact) mass is 311 g/mol. The van der Waals surface area contributed by atoms with Crippen LogP contribution in [0.3, 0.4) is 0 Å². The standard InChI is InChI=1S/C13H15BrFN3/c14-9-5-11-12(6-10(9)15)18-13(17-11)7-16-8-3-1-2-4-8/h5-6,8,16H,1-4,7H2,(H,17,18). The van der Waals surface area contributed by atoms with E-state index in [4.69, 9.17) is 0 Å². The zero-order valence-electron chi connectivity index (χ0n) is 9.97. The Kier molecular flexibility index (Phi) is 3.35. The quantitative estimate of drug-likeness (QED) is 0.911. The summed E-state index contributed by atoms with van der Waals surface area (Å²) in [6, 6.07) is 3.80. The number of nitrogens with one attached hydrogen (secondary N) is 2. The van der Waals surface area contributed by atoms with Gasteiger partial charge in [-0.15, -0.1) is 0 Å². The molecule has 1 fully saturated rings. The van der Waals surface area contributed by atoms with Crippen molar-refractivity contribution in [3.8, 4) is 0 Å². The van der Waals surface area contributed by atoms with Crippen molar-refractivity contribution in [2.24, 2.45) is 0 Å². The van der Waals surface area contributed by atoms with Gasteiger partial charge in [0.25, 0.3) is 0 Å². The Labute approximate surface area is 113 Å². The van der Waals surface area contributed by atoms with Gasteiger partial charge in [-0.2, -0.15) is 0 Å². The van der Waals surface area contributed by atoms with Crippen LogP contribution < -0.4 is 5.32 Å². The minimum Gasteiger partial charge on any atom is -0.341 e. The van der Waals surface area contributed by atoms with Gasteiger partial charge in [-0.05, 0) is 34.8 Å². The molecule has 0 amide bonds. The molecule has 1 saturated carbocycles. The predicted molar refractivity (Wildman–Crippen MR) is 72.8 cm³/mol. The zero-order chi connectivity index (χ0) is 12.5. The smallest absolute Gasteiger partial charge is 0.139 e. The summed E-state index contributed by atoms with van der Waals surface area (Å²) in [6.45, 7) is 0.721. The van der Waals surface area contributed by atoms with Crippen LogP contribution in [0.15, 0.2) is 16.6 Å². The van der Waals surface area contributed by atoms with Gasteiger partial charge < -0.3 is 10.3 Å². The van der Waals surface area contributed by atoms with Gasteiger partial charge in [0.2, 0.25) is 0 Å².